The van der Waals surface area contributed by atoms with Gasteiger partial charge < -0.3 is 16.9 Å². The predicted octanol–water partition coefficient (Wildman–Crippen LogP) is 2.20. The Hall–Kier alpha value is -1.31. The molecule has 0 radical (unpaired) electrons. The van der Waals surface area contributed by atoms with Crippen LogP contribution >= 0.6 is 0 Å². The van der Waals surface area contributed by atoms with Gasteiger partial charge in [-0.05, 0) is 13.8 Å². The van der Waals surface area contributed by atoms with Crippen molar-refractivity contribution in [3.8, 4) is 0 Å². The van der Waals surface area contributed by atoms with E-state index in [0.29, 0.717) is 6.04 Å². The van der Waals surface area contributed by atoms with Gasteiger partial charge in [0.1, 0.15) is 12.6 Å². The summed E-state index contributed by atoms with van der Waals surface area (Å²) in [5.74, 6) is 0. The van der Waals surface area contributed by atoms with Crippen molar-refractivity contribution in [3.05, 3.63) is 71.8 Å². The predicted molar refractivity (Wildman–Crippen MR) is 91.0 cm³/mol. The second kappa shape index (κ2) is 8.97. The zero-order chi connectivity index (χ0) is 15.1. The zero-order valence-corrected chi connectivity index (χ0v) is 14.8. The van der Waals surface area contributed by atoms with E-state index in [2.05, 4.69) is 81.4 Å². The second-order valence-corrected chi connectivity index (χ2v) is 5.83. The number of rotatable bonds is 7. The molecule has 1 nitrogen and oxygen atoms in total. The van der Waals surface area contributed by atoms with Crippen LogP contribution in [0.3, 0.4) is 0 Å². The maximum Gasteiger partial charge on any atom is 0.115 e. The highest BCUT2D eigenvalue weighted by Gasteiger charge is 2.33. The molecule has 0 aliphatic heterocycles. The van der Waals surface area contributed by atoms with E-state index in [1.54, 1.807) is 0 Å². The molecule has 1 unspecified atom stereocenters. The maximum absolute atomic E-state index is 2.33. The highest BCUT2D eigenvalue weighted by molar-refractivity contribution is 5.18. The molecular formula is C20H28ClN. The van der Waals surface area contributed by atoms with Crippen LogP contribution in [-0.2, 0) is 6.54 Å². The Labute approximate surface area is 142 Å². The molecule has 0 amide bonds. The maximum atomic E-state index is 2.33. The number of hydrogen-bond acceptors (Lipinski definition) is 0. The van der Waals surface area contributed by atoms with Gasteiger partial charge >= 0.3 is 0 Å². The van der Waals surface area contributed by atoms with Gasteiger partial charge in [0.25, 0.3) is 0 Å². The Bertz CT molecular complexity index is 520. The molecule has 0 fully saturated rings. The summed E-state index contributed by atoms with van der Waals surface area (Å²) in [6.45, 7) is 10.4. The standard InChI is InChI=1S/C20H28N.ClH/c1-4-20(19-15-11-8-12-16-19)21(5-2,6-3)17-18-13-9-7-10-14-18;/h7-16,20H,4-6,17H2,1-3H3;1H/q+1;/p-1. The normalized spacial score (nSPS) is 12.5. The molecule has 0 N–H and O–H groups in total. The van der Waals surface area contributed by atoms with Crippen LogP contribution in [0.2, 0.25) is 0 Å². The molecule has 0 aromatic heterocycles. The monoisotopic (exact) mass is 317 g/mol. The minimum atomic E-state index is 0. The molecule has 0 spiro atoms. The van der Waals surface area contributed by atoms with Crippen LogP contribution in [0.25, 0.3) is 0 Å². The van der Waals surface area contributed by atoms with Crippen LogP contribution in [0.5, 0.6) is 0 Å². The molecule has 120 valence electrons. The van der Waals surface area contributed by atoms with Gasteiger partial charge in [-0.1, -0.05) is 67.6 Å². The smallest absolute Gasteiger partial charge is 0.115 e. The summed E-state index contributed by atoms with van der Waals surface area (Å²) in [5, 5.41) is 0. The Morgan fingerprint density at radius 2 is 1.27 bits per heavy atom. The molecule has 2 rings (SSSR count). The van der Waals surface area contributed by atoms with Crippen LogP contribution in [0.1, 0.15) is 44.4 Å². The second-order valence-electron chi connectivity index (χ2n) is 5.83. The van der Waals surface area contributed by atoms with Crippen LogP contribution in [0, 0.1) is 0 Å². The molecular weight excluding hydrogens is 290 g/mol. The molecule has 0 bridgehead atoms. The van der Waals surface area contributed by atoms with E-state index in [-0.39, 0.29) is 12.4 Å². The van der Waals surface area contributed by atoms with Gasteiger partial charge in [-0.15, -0.1) is 0 Å². The first-order chi connectivity index (χ1) is 10.3. The van der Waals surface area contributed by atoms with Crippen molar-refractivity contribution < 1.29 is 16.9 Å². The molecule has 0 saturated heterocycles. The highest BCUT2D eigenvalue weighted by Crippen LogP contribution is 2.33. The third-order valence-corrected chi connectivity index (χ3v) is 4.83. The molecule has 0 saturated carbocycles. The number of halogens is 1. The van der Waals surface area contributed by atoms with E-state index in [1.807, 2.05) is 0 Å². The van der Waals surface area contributed by atoms with Crippen LogP contribution < -0.4 is 12.4 Å². The minimum absolute atomic E-state index is 0. The van der Waals surface area contributed by atoms with Gasteiger partial charge in [0.2, 0.25) is 0 Å². The van der Waals surface area contributed by atoms with Crippen LogP contribution in [0.15, 0.2) is 60.7 Å². The first-order valence-corrected chi connectivity index (χ1v) is 8.20. The molecule has 0 aliphatic rings. The largest absolute Gasteiger partial charge is 1.00 e. The number of quaternary nitrogens is 1. The summed E-state index contributed by atoms with van der Waals surface area (Å²) >= 11 is 0. The average molecular weight is 318 g/mol. The topological polar surface area (TPSA) is 0 Å². The fourth-order valence-corrected chi connectivity index (χ4v) is 3.56. The summed E-state index contributed by atoms with van der Waals surface area (Å²) in [5.41, 5.74) is 2.91. The van der Waals surface area contributed by atoms with Gasteiger partial charge in [0, 0.05) is 17.5 Å². The van der Waals surface area contributed by atoms with Gasteiger partial charge in [-0.25, -0.2) is 0 Å². The molecule has 1 atom stereocenters. The first kappa shape index (κ1) is 18.7. The first-order valence-electron chi connectivity index (χ1n) is 8.20. The molecule has 0 heterocycles. The third-order valence-electron chi connectivity index (χ3n) is 4.83. The van der Waals surface area contributed by atoms with E-state index in [1.165, 1.54) is 30.6 Å². The summed E-state index contributed by atoms with van der Waals surface area (Å²) < 4.78 is 1.13. The Balaban J connectivity index is 0.00000242. The van der Waals surface area contributed by atoms with Crippen molar-refractivity contribution in [3.63, 3.8) is 0 Å². The molecule has 0 aliphatic carbocycles. The third kappa shape index (κ3) is 4.12. The minimum Gasteiger partial charge on any atom is -1.00 e. The quantitative estimate of drug-likeness (QED) is 0.687. The van der Waals surface area contributed by atoms with E-state index < -0.39 is 0 Å². The lowest BCUT2D eigenvalue weighted by Crippen LogP contribution is -3.00. The van der Waals surface area contributed by atoms with Crippen molar-refractivity contribution in [2.75, 3.05) is 13.1 Å². The number of benzene rings is 2. The Morgan fingerprint density at radius 1 is 0.773 bits per heavy atom. The van der Waals surface area contributed by atoms with Crippen molar-refractivity contribution in [2.45, 2.75) is 39.8 Å². The highest BCUT2D eigenvalue weighted by atomic mass is 35.5. The SMILES string of the molecule is CCC(c1ccccc1)[N+](CC)(CC)Cc1ccccc1.[Cl-]. The Morgan fingerprint density at radius 3 is 1.73 bits per heavy atom. The van der Waals surface area contributed by atoms with E-state index in [4.69, 9.17) is 0 Å². The van der Waals surface area contributed by atoms with Crippen molar-refractivity contribution >= 4 is 0 Å². The summed E-state index contributed by atoms with van der Waals surface area (Å²) in [6, 6.07) is 22.5. The van der Waals surface area contributed by atoms with Crippen LogP contribution in [-0.4, -0.2) is 17.6 Å². The molecule has 2 aromatic carbocycles. The van der Waals surface area contributed by atoms with E-state index in [0.717, 1.165) is 11.0 Å². The lowest BCUT2D eigenvalue weighted by molar-refractivity contribution is -0.966. The molecule has 2 heteroatoms. The fourth-order valence-electron chi connectivity index (χ4n) is 3.56. The van der Waals surface area contributed by atoms with E-state index >= 15 is 0 Å². The molecule has 22 heavy (non-hydrogen) atoms. The van der Waals surface area contributed by atoms with Gasteiger partial charge in [-0.3, -0.25) is 0 Å². The average Bonchev–Trinajstić information content (AvgIpc) is 2.56. The number of hydrogen-bond donors (Lipinski definition) is 0. The van der Waals surface area contributed by atoms with Gasteiger partial charge in [0.15, 0.2) is 0 Å². The summed E-state index contributed by atoms with van der Waals surface area (Å²) in [7, 11) is 0. The zero-order valence-electron chi connectivity index (χ0n) is 14.0. The lowest BCUT2D eigenvalue weighted by Gasteiger charge is -2.44. The summed E-state index contributed by atoms with van der Waals surface area (Å²) in [6.07, 6.45) is 1.18. The van der Waals surface area contributed by atoms with Crippen molar-refractivity contribution in [2.24, 2.45) is 0 Å². The summed E-state index contributed by atoms with van der Waals surface area (Å²) in [4.78, 5) is 0. The Kier molecular flexibility index (Phi) is 7.64. The van der Waals surface area contributed by atoms with Crippen molar-refractivity contribution in [1.29, 1.82) is 0 Å². The lowest BCUT2D eigenvalue weighted by atomic mass is 9.98. The van der Waals surface area contributed by atoms with Gasteiger partial charge in [-0.2, -0.15) is 0 Å². The van der Waals surface area contributed by atoms with Gasteiger partial charge in [0.05, 0.1) is 13.1 Å². The molecule has 2 aromatic rings. The number of nitrogens with zero attached hydrogens (tertiary/aromatic N) is 1. The van der Waals surface area contributed by atoms with E-state index in [9.17, 15) is 0 Å². The van der Waals surface area contributed by atoms with Crippen molar-refractivity contribution in [1.82, 2.24) is 0 Å². The van der Waals surface area contributed by atoms with Crippen LogP contribution in [0.4, 0.5) is 0 Å². The fraction of sp³-hybridized carbons (Fsp3) is 0.400.